The van der Waals surface area contributed by atoms with Gasteiger partial charge >= 0.3 is 11.9 Å². The normalized spacial score (nSPS) is 17.8. The summed E-state index contributed by atoms with van der Waals surface area (Å²) in [4.78, 5) is 16.2. The number of hydrogen-bond donors (Lipinski definition) is 0. The van der Waals surface area contributed by atoms with Crippen molar-refractivity contribution in [2.75, 3.05) is 6.61 Å². The minimum absolute atomic E-state index is 0.0876. The van der Waals surface area contributed by atoms with Gasteiger partial charge < -0.3 is 9.47 Å². The molecule has 7 nitrogen and oxygen atoms in total. The van der Waals surface area contributed by atoms with Gasteiger partial charge in [-0.25, -0.2) is 4.79 Å². The molecule has 0 fully saturated rings. The fourth-order valence-electron chi connectivity index (χ4n) is 3.47. The van der Waals surface area contributed by atoms with E-state index in [1.54, 1.807) is 54.5 Å². The fourth-order valence-corrected chi connectivity index (χ4v) is 3.76. The highest BCUT2D eigenvalue weighted by molar-refractivity contribution is 6.22. The summed E-state index contributed by atoms with van der Waals surface area (Å²) in [7, 11) is 1.80. The highest BCUT2D eigenvalue weighted by Gasteiger charge is 2.43. The van der Waals surface area contributed by atoms with E-state index in [-0.39, 0.29) is 18.2 Å². The molecule has 35 heavy (non-hydrogen) atoms. The lowest BCUT2D eigenvalue weighted by Gasteiger charge is -2.23. The van der Waals surface area contributed by atoms with Crippen LogP contribution in [0.5, 0.6) is 11.6 Å². The number of rotatable bonds is 8. The van der Waals surface area contributed by atoms with Gasteiger partial charge in [-0.3, -0.25) is 9.25 Å². The number of alkyl halides is 4. The van der Waals surface area contributed by atoms with E-state index in [4.69, 9.17) is 21.1 Å². The molecule has 0 spiro atoms. The predicted octanol–water partition coefficient (Wildman–Crippen LogP) is 4.27. The van der Waals surface area contributed by atoms with Crippen LogP contribution in [0.3, 0.4) is 0 Å². The summed E-state index contributed by atoms with van der Waals surface area (Å²) in [5, 5.41) is 2.92. The van der Waals surface area contributed by atoms with Crippen molar-refractivity contribution in [1.82, 2.24) is 19.3 Å². The van der Waals surface area contributed by atoms with E-state index in [0.29, 0.717) is 18.7 Å². The van der Waals surface area contributed by atoms with Crippen molar-refractivity contribution in [3.8, 4) is 11.6 Å². The van der Waals surface area contributed by atoms with Crippen LogP contribution in [0.4, 0.5) is 13.2 Å². The number of aromatic nitrogens is 4. The Morgan fingerprint density at radius 1 is 1.14 bits per heavy atom. The molecule has 0 saturated carbocycles. The molecule has 1 aliphatic carbocycles. The molecule has 0 N–H and O–H groups in total. The van der Waals surface area contributed by atoms with Crippen molar-refractivity contribution in [3.63, 3.8) is 0 Å². The maximum absolute atomic E-state index is 13.1. The number of halogens is 4. The summed E-state index contributed by atoms with van der Waals surface area (Å²) in [6, 6.07) is 8.53. The zero-order valence-corrected chi connectivity index (χ0v) is 19.4. The Morgan fingerprint density at radius 3 is 2.57 bits per heavy atom. The van der Waals surface area contributed by atoms with Crippen LogP contribution in [-0.4, -0.2) is 37.5 Å². The van der Waals surface area contributed by atoms with Gasteiger partial charge in [-0.2, -0.15) is 23.3 Å². The highest BCUT2D eigenvalue weighted by Crippen LogP contribution is 2.36. The Bertz CT molecular complexity index is 1280. The van der Waals surface area contributed by atoms with Crippen LogP contribution in [0.2, 0.25) is 0 Å². The van der Waals surface area contributed by atoms with Crippen LogP contribution < -0.4 is 15.2 Å². The molecule has 0 radical (unpaired) electrons. The van der Waals surface area contributed by atoms with Crippen LogP contribution >= 0.6 is 11.6 Å². The quantitative estimate of drug-likeness (QED) is 0.427. The third-order valence-corrected chi connectivity index (χ3v) is 5.69. The van der Waals surface area contributed by atoms with Crippen LogP contribution in [0, 0.1) is 5.92 Å². The second-order valence-electron chi connectivity index (χ2n) is 7.98. The molecule has 1 aliphatic rings. The van der Waals surface area contributed by atoms with Crippen molar-refractivity contribution in [2.24, 2.45) is 13.0 Å². The second kappa shape index (κ2) is 10.4. The van der Waals surface area contributed by atoms with E-state index in [1.807, 2.05) is 6.20 Å². The van der Waals surface area contributed by atoms with Gasteiger partial charge in [0.15, 0.2) is 0 Å². The molecule has 0 saturated heterocycles. The molecule has 11 heteroatoms. The minimum Gasteiger partial charge on any atom is -0.477 e. The molecule has 0 bridgehead atoms. The Hall–Kier alpha value is -3.53. The third-order valence-electron chi connectivity index (χ3n) is 5.27. The lowest BCUT2D eigenvalue weighted by atomic mass is 9.99. The molecule has 0 aliphatic heterocycles. The van der Waals surface area contributed by atoms with Gasteiger partial charge in [0, 0.05) is 37.5 Å². The van der Waals surface area contributed by atoms with Gasteiger partial charge in [-0.05, 0) is 29.8 Å². The van der Waals surface area contributed by atoms with Crippen LogP contribution in [0.15, 0.2) is 77.7 Å². The van der Waals surface area contributed by atoms with E-state index < -0.39 is 23.2 Å². The maximum Gasteiger partial charge on any atom is 0.397 e. The van der Waals surface area contributed by atoms with Gasteiger partial charge in [-0.1, -0.05) is 18.2 Å². The number of nitrogens with zero attached hydrogens (tertiary/aromatic N) is 4. The maximum atomic E-state index is 13.1. The number of ether oxygens (including phenoxy) is 2. The number of aryl methyl sites for hydroxylation is 1. The second-order valence-corrected chi connectivity index (χ2v) is 8.49. The van der Waals surface area contributed by atoms with Crippen molar-refractivity contribution in [1.29, 1.82) is 0 Å². The Balaban J connectivity index is 1.28. The molecule has 0 amide bonds. The topological polar surface area (TPSA) is 71.2 Å². The van der Waals surface area contributed by atoms with Gasteiger partial charge in [0.05, 0.1) is 30.6 Å². The smallest absolute Gasteiger partial charge is 0.397 e. The molecular weight excluding hydrogens is 485 g/mol. The van der Waals surface area contributed by atoms with Gasteiger partial charge in [-0.15, -0.1) is 11.6 Å². The number of benzene rings is 1. The lowest BCUT2D eigenvalue weighted by Crippen LogP contribution is -2.30. The van der Waals surface area contributed by atoms with Crippen molar-refractivity contribution in [3.05, 3.63) is 94.5 Å². The molecular formula is C24H22ClF3N4O3. The number of hydrogen-bond acceptors (Lipinski definition) is 5. The van der Waals surface area contributed by atoms with Crippen LogP contribution in [0.1, 0.15) is 11.1 Å². The first-order chi connectivity index (χ1) is 16.7. The molecule has 2 unspecified atom stereocenters. The summed E-state index contributed by atoms with van der Waals surface area (Å²) in [5.74, 6) is -1.08. The van der Waals surface area contributed by atoms with Gasteiger partial charge in [0.25, 0.3) is 0 Å². The third kappa shape index (κ3) is 6.54. The summed E-state index contributed by atoms with van der Waals surface area (Å²) >= 11 is 5.75. The van der Waals surface area contributed by atoms with Gasteiger partial charge in [0.2, 0.25) is 5.88 Å². The first-order valence-corrected chi connectivity index (χ1v) is 11.2. The summed E-state index contributed by atoms with van der Waals surface area (Å²) < 4.78 is 53.5. The van der Waals surface area contributed by atoms with E-state index in [0.717, 1.165) is 17.2 Å². The first-order valence-electron chi connectivity index (χ1n) is 10.7. The standard InChI is InChI=1S/C24H22ClF3N4O3/c1-31-14-17(13-29-31)15-32-10-8-22(30-23(32)33)34-11-9-16-2-4-18(5-3-16)35-19-6-7-21(25)20(12-19)24(26,27)28/h2-8,10,12-14,20-21H,9,11,15H2,1H3. The Morgan fingerprint density at radius 2 is 1.91 bits per heavy atom. The van der Waals surface area contributed by atoms with E-state index in [9.17, 15) is 18.0 Å². The van der Waals surface area contributed by atoms with Gasteiger partial charge in [0.1, 0.15) is 11.5 Å². The highest BCUT2D eigenvalue weighted by atomic mass is 35.5. The fraction of sp³-hybridized carbons (Fsp3) is 0.292. The largest absolute Gasteiger partial charge is 0.477 e. The average Bonchev–Trinajstić information content (AvgIpc) is 3.22. The predicted molar refractivity (Wildman–Crippen MR) is 123 cm³/mol. The first kappa shape index (κ1) is 24.6. The average molecular weight is 507 g/mol. The van der Waals surface area contributed by atoms with Crippen LogP contribution in [0.25, 0.3) is 0 Å². The van der Waals surface area contributed by atoms with Crippen molar-refractivity contribution in [2.45, 2.75) is 24.5 Å². The lowest BCUT2D eigenvalue weighted by molar-refractivity contribution is -0.159. The molecule has 3 aromatic rings. The molecule has 2 aromatic heterocycles. The Labute approximate surface area is 204 Å². The Kier molecular flexibility index (Phi) is 7.30. The van der Waals surface area contributed by atoms with Crippen molar-refractivity contribution >= 4 is 11.6 Å². The number of allylic oxidation sites excluding steroid dienone is 3. The summed E-state index contributed by atoms with van der Waals surface area (Å²) in [6.07, 6.45) is 4.90. The van der Waals surface area contributed by atoms with E-state index >= 15 is 0 Å². The van der Waals surface area contributed by atoms with Crippen molar-refractivity contribution < 1.29 is 22.6 Å². The molecule has 2 atom stereocenters. The molecule has 2 heterocycles. The summed E-state index contributed by atoms with van der Waals surface area (Å²) in [5.41, 5.74) is 1.38. The molecule has 4 rings (SSSR count). The zero-order chi connectivity index (χ0) is 25.0. The van der Waals surface area contributed by atoms with E-state index in [1.165, 1.54) is 16.7 Å². The summed E-state index contributed by atoms with van der Waals surface area (Å²) in [6.45, 7) is 0.655. The monoisotopic (exact) mass is 506 g/mol. The van der Waals surface area contributed by atoms with E-state index in [2.05, 4.69) is 10.1 Å². The SMILES string of the molecule is Cn1cc(Cn2ccc(OCCc3ccc(OC4=CC(C(F)(F)F)C(Cl)C=C4)cc3)nc2=O)cn1. The molecule has 184 valence electrons. The minimum atomic E-state index is -4.45. The zero-order valence-electron chi connectivity index (χ0n) is 18.7. The molecule has 1 aromatic carbocycles. The van der Waals surface area contributed by atoms with Crippen LogP contribution in [-0.2, 0) is 20.0 Å².